The van der Waals surface area contributed by atoms with Gasteiger partial charge in [0.1, 0.15) is 0 Å². The molecule has 0 heterocycles. The normalized spacial score (nSPS) is 12.0. The van der Waals surface area contributed by atoms with Gasteiger partial charge in [-0.15, -0.1) is 0 Å². The Kier molecular flexibility index (Phi) is 4.95. The molecule has 0 bridgehead atoms. The summed E-state index contributed by atoms with van der Waals surface area (Å²) in [6, 6.07) is 9.55. The van der Waals surface area contributed by atoms with E-state index in [1.807, 2.05) is 26.8 Å². The fourth-order valence-corrected chi connectivity index (χ4v) is 3.81. The molecule has 0 atom stereocenters. The van der Waals surface area contributed by atoms with Gasteiger partial charge in [0, 0.05) is 0 Å². The lowest BCUT2D eigenvalue weighted by Crippen LogP contribution is -2.23. The van der Waals surface area contributed by atoms with Crippen molar-refractivity contribution in [1.29, 1.82) is 0 Å². The molecule has 0 amide bonds. The summed E-state index contributed by atoms with van der Waals surface area (Å²) >= 11 is 0. The first-order valence-electron chi connectivity index (χ1n) is 7.88. The molecule has 0 saturated carbocycles. The zero-order valence-corrected chi connectivity index (χ0v) is 15.8. The van der Waals surface area contributed by atoms with Crippen molar-refractivity contribution in [2.75, 3.05) is 4.72 Å². The van der Waals surface area contributed by atoms with Gasteiger partial charge in [0.2, 0.25) is 0 Å². The molecule has 0 radical (unpaired) electrons. The fraction of sp³-hybridized carbons (Fsp3) is 0.316. The number of hydrogen-bond donors (Lipinski definition) is 1. The van der Waals surface area contributed by atoms with Crippen LogP contribution in [0.3, 0.4) is 0 Å². The zero-order chi connectivity index (χ0) is 19.0. The van der Waals surface area contributed by atoms with Crippen molar-refractivity contribution in [3.8, 4) is 0 Å². The van der Waals surface area contributed by atoms with Crippen LogP contribution in [-0.4, -0.2) is 14.4 Å². The highest BCUT2D eigenvalue weighted by Crippen LogP contribution is 2.28. The second-order valence-electron chi connectivity index (χ2n) is 7.15. The number of nitrogens with one attached hydrogen (secondary N) is 1. The molecule has 0 aromatic heterocycles. The second kappa shape index (κ2) is 6.52. The third-order valence-electron chi connectivity index (χ3n) is 4.06. The Morgan fingerprint density at radius 2 is 1.60 bits per heavy atom. The van der Waals surface area contributed by atoms with Crippen molar-refractivity contribution in [3.05, 3.63) is 58.7 Å². The van der Waals surface area contributed by atoms with Gasteiger partial charge in [-0.2, -0.15) is 0 Å². The van der Waals surface area contributed by atoms with Gasteiger partial charge < -0.3 is 9.90 Å². The molecule has 6 heteroatoms. The summed E-state index contributed by atoms with van der Waals surface area (Å²) in [5, 5.41) is 11.0. The summed E-state index contributed by atoms with van der Waals surface area (Å²) in [4.78, 5) is 11.2. The first-order valence-corrected chi connectivity index (χ1v) is 9.36. The van der Waals surface area contributed by atoms with Gasteiger partial charge in [-0.25, -0.2) is 8.42 Å². The Hall–Kier alpha value is -2.34. The highest BCUT2D eigenvalue weighted by molar-refractivity contribution is 7.92. The van der Waals surface area contributed by atoms with E-state index in [4.69, 9.17) is 0 Å². The number of sulfonamides is 1. The van der Waals surface area contributed by atoms with Crippen molar-refractivity contribution in [1.82, 2.24) is 0 Å². The minimum atomic E-state index is -3.86. The maximum absolute atomic E-state index is 12.9. The minimum Gasteiger partial charge on any atom is -0.545 e. The maximum Gasteiger partial charge on any atom is 0.262 e. The molecule has 134 valence electrons. The Morgan fingerprint density at radius 3 is 2.16 bits per heavy atom. The Bertz CT molecular complexity index is 925. The monoisotopic (exact) mass is 360 g/mol. The molecule has 25 heavy (non-hydrogen) atoms. The van der Waals surface area contributed by atoms with Crippen LogP contribution >= 0.6 is 0 Å². The molecule has 0 aliphatic heterocycles. The highest BCUT2D eigenvalue weighted by atomic mass is 32.2. The zero-order valence-electron chi connectivity index (χ0n) is 15.0. The lowest BCUT2D eigenvalue weighted by molar-refractivity contribution is -0.255. The first-order chi connectivity index (χ1) is 11.4. The number of carbonyl (C=O) groups excluding carboxylic acids is 1. The van der Waals surface area contributed by atoms with E-state index < -0.39 is 16.0 Å². The molecule has 2 aromatic rings. The molecule has 0 fully saturated rings. The summed E-state index contributed by atoms with van der Waals surface area (Å²) in [6.45, 7) is 9.46. The van der Waals surface area contributed by atoms with Gasteiger partial charge in [-0.05, 0) is 53.6 Å². The predicted molar refractivity (Wildman–Crippen MR) is 96.2 cm³/mol. The number of aromatic carboxylic acids is 1. The van der Waals surface area contributed by atoms with Crippen LogP contribution in [-0.2, 0) is 15.4 Å². The topological polar surface area (TPSA) is 86.3 Å². The fourth-order valence-electron chi connectivity index (χ4n) is 2.41. The molecule has 2 aromatic carbocycles. The molecule has 1 N–H and O–H groups in total. The quantitative estimate of drug-likeness (QED) is 0.908. The number of aryl methyl sites for hydroxylation is 2. The summed E-state index contributed by atoms with van der Waals surface area (Å²) in [6.07, 6.45) is 0. The number of anilines is 1. The molecule has 0 spiro atoms. The number of carbonyl (C=O) groups is 1. The lowest BCUT2D eigenvalue weighted by atomic mass is 9.87. The van der Waals surface area contributed by atoms with Crippen LogP contribution < -0.4 is 9.83 Å². The summed E-state index contributed by atoms with van der Waals surface area (Å²) in [5.41, 5.74) is 2.10. The predicted octanol–water partition coefficient (Wildman–Crippen LogP) is 2.77. The Morgan fingerprint density at radius 1 is 1.00 bits per heavy atom. The molecular formula is C19H22NO4S-. The Balaban J connectivity index is 2.51. The van der Waals surface area contributed by atoms with Crippen molar-refractivity contribution in [2.45, 2.75) is 44.9 Å². The molecule has 0 aliphatic carbocycles. The van der Waals surface area contributed by atoms with Gasteiger partial charge >= 0.3 is 0 Å². The van der Waals surface area contributed by atoms with Gasteiger partial charge in [0.05, 0.1) is 16.6 Å². The van der Waals surface area contributed by atoms with Crippen LogP contribution in [0.5, 0.6) is 0 Å². The summed E-state index contributed by atoms with van der Waals surface area (Å²) in [7, 11) is -3.86. The minimum absolute atomic E-state index is 0.0801. The first kappa shape index (κ1) is 19.0. The van der Waals surface area contributed by atoms with Gasteiger partial charge in [-0.1, -0.05) is 45.0 Å². The average molecular weight is 360 g/mol. The van der Waals surface area contributed by atoms with E-state index in [1.165, 1.54) is 12.1 Å². The van der Waals surface area contributed by atoms with Crippen molar-refractivity contribution in [2.24, 2.45) is 0 Å². The van der Waals surface area contributed by atoms with E-state index >= 15 is 0 Å². The largest absolute Gasteiger partial charge is 0.545 e. The SMILES string of the molecule is Cc1ccc(C(=O)[O-])cc1NS(=O)(=O)c1cc(C(C)(C)C)ccc1C. The summed E-state index contributed by atoms with van der Waals surface area (Å²) < 4.78 is 28.2. The smallest absolute Gasteiger partial charge is 0.262 e. The lowest BCUT2D eigenvalue weighted by Gasteiger charge is -2.21. The average Bonchev–Trinajstić information content (AvgIpc) is 2.48. The number of hydrogen-bond acceptors (Lipinski definition) is 4. The molecule has 0 unspecified atom stereocenters. The van der Waals surface area contributed by atoms with Crippen molar-refractivity contribution < 1.29 is 18.3 Å². The molecule has 5 nitrogen and oxygen atoms in total. The number of carboxylic acids is 1. The third-order valence-corrected chi connectivity index (χ3v) is 5.57. The number of rotatable bonds is 4. The van der Waals surface area contributed by atoms with E-state index in [0.717, 1.165) is 5.56 Å². The Labute approximate surface area is 148 Å². The van der Waals surface area contributed by atoms with Gasteiger partial charge in [-0.3, -0.25) is 4.72 Å². The standard InChI is InChI=1S/C19H23NO4S/c1-12-6-8-14(18(21)22)10-16(12)20-25(23,24)17-11-15(19(3,4)5)9-7-13(17)2/h6-11,20H,1-5H3,(H,21,22)/p-1. The van der Waals surface area contributed by atoms with E-state index in [2.05, 4.69) is 4.72 Å². The molecule has 2 rings (SSSR count). The molecule has 0 aliphatic rings. The van der Waals surface area contributed by atoms with Gasteiger partial charge in [0.15, 0.2) is 0 Å². The van der Waals surface area contributed by atoms with Crippen LogP contribution in [0.4, 0.5) is 5.69 Å². The van der Waals surface area contributed by atoms with E-state index in [9.17, 15) is 18.3 Å². The summed E-state index contributed by atoms with van der Waals surface area (Å²) in [5.74, 6) is -1.36. The van der Waals surface area contributed by atoms with Crippen LogP contribution in [0.2, 0.25) is 0 Å². The molecular weight excluding hydrogens is 338 g/mol. The second-order valence-corrected chi connectivity index (χ2v) is 8.80. The van der Waals surface area contributed by atoms with E-state index in [1.54, 1.807) is 32.0 Å². The maximum atomic E-state index is 12.9. The van der Waals surface area contributed by atoms with Gasteiger partial charge in [0.25, 0.3) is 10.0 Å². The van der Waals surface area contributed by atoms with Crippen LogP contribution in [0.25, 0.3) is 0 Å². The van der Waals surface area contributed by atoms with Crippen LogP contribution in [0.15, 0.2) is 41.3 Å². The van der Waals surface area contributed by atoms with Crippen molar-refractivity contribution in [3.63, 3.8) is 0 Å². The van der Waals surface area contributed by atoms with Crippen LogP contribution in [0, 0.1) is 13.8 Å². The van der Waals surface area contributed by atoms with E-state index in [-0.39, 0.29) is 21.6 Å². The van der Waals surface area contributed by atoms with Crippen LogP contribution in [0.1, 0.15) is 47.8 Å². The number of carboxylic acid groups (broad SMARTS) is 1. The highest BCUT2D eigenvalue weighted by Gasteiger charge is 2.22. The third kappa shape index (κ3) is 4.20. The van der Waals surface area contributed by atoms with Crippen molar-refractivity contribution >= 4 is 21.7 Å². The molecule has 0 saturated heterocycles. The number of benzene rings is 2. The van der Waals surface area contributed by atoms with E-state index in [0.29, 0.717) is 11.1 Å².